The first-order valence-electron chi connectivity index (χ1n) is 17.7. The summed E-state index contributed by atoms with van der Waals surface area (Å²) in [6, 6.07) is 21.1. The lowest BCUT2D eigenvalue weighted by atomic mass is 9.97. The Balaban J connectivity index is 1.26. The fraction of sp³-hybridized carbons (Fsp3) is 0.375. The molecule has 0 radical (unpaired) electrons. The van der Waals surface area contributed by atoms with Crippen molar-refractivity contribution in [2.24, 2.45) is 0 Å². The first-order valence-corrected chi connectivity index (χ1v) is 17.7. The zero-order chi connectivity index (χ0) is 39.5. The molecule has 0 unspecified atom stereocenters. The molecular weight excluding hydrogens is 716 g/mol. The van der Waals surface area contributed by atoms with Gasteiger partial charge < -0.3 is 48.9 Å². The molecule has 3 N–H and O–H groups in total. The number of nitrogens with one attached hydrogen (secondary N) is 2. The molecule has 3 aromatic rings. The molecule has 0 bridgehead atoms. The highest BCUT2D eigenvalue weighted by Crippen LogP contribution is 2.44. The molecule has 1 aliphatic heterocycles. The maximum atomic E-state index is 12.9. The molecule has 15 heteroatoms. The number of hydrogen-bond donors (Lipinski definition) is 3. The van der Waals surface area contributed by atoms with Crippen LogP contribution in [0.2, 0.25) is 0 Å². The number of carbonyl (C=O) groups is 5. The van der Waals surface area contributed by atoms with Crippen LogP contribution in [0.1, 0.15) is 49.8 Å². The number of amides is 1. The Hall–Kier alpha value is -5.93. The predicted molar refractivity (Wildman–Crippen MR) is 197 cm³/mol. The molecular formula is C40H44N2O13. The molecule has 2 aliphatic rings. The summed E-state index contributed by atoms with van der Waals surface area (Å²) in [7, 11) is 1.09. The van der Waals surface area contributed by atoms with Crippen LogP contribution >= 0.6 is 0 Å². The maximum absolute atomic E-state index is 12.9. The van der Waals surface area contributed by atoms with E-state index in [1.54, 1.807) is 30.4 Å². The topological polar surface area (TPSA) is 194 Å². The number of aliphatic hydroxyl groups excluding tert-OH is 1. The number of methoxy groups -OCH3 is 1. The number of anilines is 1. The molecule has 292 valence electrons. The molecule has 3 aromatic carbocycles. The molecule has 1 aliphatic carbocycles. The van der Waals surface area contributed by atoms with Gasteiger partial charge in [0, 0.05) is 39.8 Å². The number of carbonyl (C=O) groups excluding carboxylic acids is 5. The van der Waals surface area contributed by atoms with E-state index in [9.17, 15) is 29.1 Å². The number of ether oxygens (including phenoxy) is 7. The lowest BCUT2D eigenvalue weighted by molar-refractivity contribution is -0.282. The van der Waals surface area contributed by atoms with Crippen LogP contribution in [0.3, 0.4) is 0 Å². The highest BCUT2D eigenvalue weighted by atomic mass is 16.7. The quantitative estimate of drug-likeness (QED) is 0.114. The maximum Gasteiger partial charge on any atom is 0.407 e. The van der Waals surface area contributed by atoms with Gasteiger partial charge in [0.25, 0.3) is 0 Å². The standard InChI is InChI=1S/C40H44N2O13/c1-23(44)51-34-35(52-24(2)45)37(53-25(3)46)39(55-36(34)38(47)49-4)54-33-17-16-26(11-9-20-43)21-32(33)41-18-10-19-42-40(48)50-22-31-29-14-7-5-12-27(29)28-13-6-8-15-30(28)31/h5-9,11-17,21,31,34-37,39,41,43H,10,18-20,22H2,1-4H3,(H,42,48)/b11-9+/t34-,35-,36-,37+,39+/m0/s1. The molecule has 0 saturated carbocycles. The van der Waals surface area contributed by atoms with E-state index in [2.05, 4.69) is 22.8 Å². The third kappa shape index (κ3) is 10.2. The van der Waals surface area contributed by atoms with Crippen molar-refractivity contribution >= 4 is 41.7 Å². The number of aliphatic hydroxyl groups is 1. The zero-order valence-electron chi connectivity index (χ0n) is 30.9. The average Bonchev–Trinajstić information content (AvgIpc) is 3.48. The summed E-state index contributed by atoms with van der Waals surface area (Å²) in [5.74, 6) is -3.32. The van der Waals surface area contributed by atoms with E-state index in [1.165, 1.54) is 0 Å². The van der Waals surface area contributed by atoms with Crippen LogP contribution in [0.15, 0.2) is 72.8 Å². The van der Waals surface area contributed by atoms with Gasteiger partial charge in [-0.25, -0.2) is 9.59 Å². The molecule has 5 atom stereocenters. The second-order valence-corrected chi connectivity index (χ2v) is 12.7. The van der Waals surface area contributed by atoms with Crippen molar-refractivity contribution in [2.75, 3.05) is 38.7 Å². The smallest absolute Gasteiger partial charge is 0.407 e. The molecule has 1 fully saturated rings. The number of esters is 4. The van der Waals surface area contributed by atoms with Gasteiger partial charge in [-0.1, -0.05) is 66.7 Å². The van der Waals surface area contributed by atoms with Gasteiger partial charge in [0.1, 0.15) is 12.4 Å². The van der Waals surface area contributed by atoms with Crippen LogP contribution in [0.5, 0.6) is 5.75 Å². The number of hydrogen-bond acceptors (Lipinski definition) is 14. The van der Waals surface area contributed by atoms with E-state index < -0.39 is 60.7 Å². The van der Waals surface area contributed by atoms with Gasteiger partial charge >= 0.3 is 30.0 Å². The SMILES string of the molecule is COC(=O)[C@H]1O[C@@H](Oc2ccc(/C=C/CO)cc2NCCCNC(=O)OCC2c3ccccc3-c3ccccc32)[C@H](OC(C)=O)[C@@H](OC(C)=O)[C@@H]1OC(C)=O. The van der Waals surface area contributed by atoms with E-state index >= 15 is 0 Å². The van der Waals surface area contributed by atoms with E-state index in [0.717, 1.165) is 50.1 Å². The van der Waals surface area contributed by atoms with Gasteiger partial charge in [0.05, 0.1) is 19.4 Å². The van der Waals surface area contributed by atoms with Crippen LogP contribution in [-0.2, 0) is 47.6 Å². The average molecular weight is 761 g/mol. The third-order valence-corrected chi connectivity index (χ3v) is 8.78. The van der Waals surface area contributed by atoms with E-state index in [0.29, 0.717) is 24.2 Å². The van der Waals surface area contributed by atoms with Crippen LogP contribution < -0.4 is 15.4 Å². The highest BCUT2D eigenvalue weighted by Gasteiger charge is 2.56. The summed E-state index contributed by atoms with van der Waals surface area (Å²) in [6.45, 7) is 3.88. The Kier molecular flexibility index (Phi) is 13.8. The largest absolute Gasteiger partial charge is 0.467 e. The van der Waals surface area contributed by atoms with Crippen LogP contribution in [-0.4, -0.2) is 99.2 Å². The Labute approximate surface area is 317 Å². The third-order valence-electron chi connectivity index (χ3n) is 8.78. The minimum absolute atomic E-state index is 0.0706. The van der Waals surface area contributed by atoms with Crippen molar-refractivity contribution in [1.82, 2.24) is 5.32 Å². The Morgan fingerprint density at radius 1 is 0.800 bits per heavy atom. The minimum atomic E-state index is -1.64. The molecule has 55 heavy (non-hydrogen) atoms. The minimum Gasteiger partial charge on any atom is -0.467 e. The molecule has 5 rings (SSSR count). The second-order valence-electron chi connectivity index (χ2n) is 12.7. The lowest BCUT2D eigenvalue weighted by Gasteiger charge is -2.43. The van der Waals surface area contributed by atoms with Crippen molar-refractivity contribution in [1.29, 1.82) is 0 Å². The van der Waals surface area contributed by atoms with Crippen molar-refractivity contribution in [3.8, 4) is 16.9 Å². The first kappa shape index (κ1) is 40.3. The number of benzene rings is 3. The van der Waals surface area contributed by atoms with Gasteiger partial charge in [0.2, 0.25) is 12.4 Å². The van der Waals surface area contributed by atoms with E-state index in [1.807, 2.05) is 36.4 Å². The first-order chi connectivity index (χ1) is 26.5. The number of rotatable bonds is 15. The van der Waals surface area contributed by atoms with Crippen molar-refractivity contribution in [3.63, 3.8) is 0 Å². The summed E-state index contributed by atoms with van der Waals surface area (Å²) < 4.78 is 38.9. The van der Waals surface area contributed by atoms with Gasteiger partial charge in [0.15, 0.2) is 18.3 Å². The normalized spacial score (nSPS) is 20.1. The van der Waals surface area contributed by atoms with E-state index in [-0.39, 0.29) is 31.4 Å². The lowest BCUT2D eigenvalue weighted by Crippen LogP contribution is -2.64. The van der Waals surface area contributed by atoms with Crippen LogP contribution in [0, 0.1) is 0 Å². The summed E-state index contributed by atoms with van der Waals surface area (Å²) in [6.07, 6.45) is -4.66. The molecule has 15 nitrogen and oxygen atoms in total. The van der Waals surface area contributed by atoms with Crippen molar-refractivity contribution < 1.29 is 62.2 Å². The molecule has 0 aromatic heterocycles. The molecule has 0 spiro atoms. The fourth-order valence-corrected chi connectivity index (χ4v) is 6.53. The Morgan fingerprint density at radius 3 is 2.04 bits per heavy atom. The summed E-state index contributed by atoms with van der Waals surface area (Å²) in [5.41, 5.74) is 5.59. The number of alkyl carbamates (subject to hydrolysis) is 1. The van der Waals surface area contributed by atoms with E-state index in [4.69, 9.17) is 33.2 Å². The fourth-order valence-electron chi connectivity index (χ4n) is 6.53. The predicted octanol–water partition coefficient (Wildman–Crippen LogP) is 4.10. The molecule has 1 saturated heterocycles. The second kappa shape index (κ2) is 18.9. The highest BCUT2D eigenvalue weighted by molar-refractivity contribution is 5.79. The van der Waals surface area contributed by atoms with Crippen LogP contribution in [0.4, 0.5) is 10.5 Å². The van der Waals surface area contributed by atoms with Gasteiger partial charge in [-0.3, -0.25) is 14.4 Å². The van der Waals surface area contributed by atoms with Crippen LogP contribution in [0.25, 0.3) is 17.2 Å². The van der Waals surface area contributed by atoms with Crippen molar-refractivity contribution in [2.45, 2.75) is 63.8 Å². The molecule has 1 amide bonds. The molecule has 1 heterocycles. The summed E-state index contributed by atoms with van der Waals surface area (Å²) in [4.78, 5) is 62.1. The number of fused-ring (bicyclic) bond motifs is 3. The van der Waals surface area contributed by atoms with Gasteiger partial charge in [-0.2, -0.15) is 0 Å². The van der Waals surface area contributed by atoms with Gasteiger partial charge in [-0.15, -0.1) is 0 Å². The monoisotopic (exact) mass is 760 g/mol. The Bertz CT molecular complexity index is 1850. The van der Waals surface area contributed by atoms with Crippen molar-refractivity contribution in [3.05, 3.63) is 89.5 Å². The van der Waals surface area contributed by atoms with Gasteiger partial charge in [-0.05, 0) is 46.4 Å². The Morgan fingerprint density at radius 2 is 1.42 bits per heavy atom. The zero-order valence-corrected chi connectivity index (χ0v) is 30.9. The summed E-state index contributed by atoms with van der Waals surface area (Å²) in [5, 5.41) is 15.3. The summed E-state index contributed by atoms with van der Waals surface area (Å²) >= 11 is 0.